The first-order valence-corrected chi connectivity index (χ1v) is 8.14. The molecule has 1 saturated heterocycles. The quantitative estimate of drug-likeness (QED) is 0.412. The fourth-order valence-corrected chi connectivity index (χ4v) is 3.20. The van der Waals surface area contributed by atoms with Gasteiger partial charge in [-0.2, -0.15) is 0 Å². The van der Waals surface area contributed by atoms with Crippen molar-refractivity contribution in [1.29, 1.82) is 0 Å². The average molecular weight is 378 g/mol. The number of rotatable bonds is 7. The topological polar surface area (TPSA) is 142 Å². The molecule has 136 valence electrons. The van der Waals surface area contributed by atoms with Gasteiger partial charge in [-0.3, -0.25) is 29.4 Å². The number of nitrogens with one attached hydrogen (secondary N) is 1. The maximum absolute atomic E-state index is 12.2. The van der Waals surface area contributed by atoms with Crippen LogP contribution in [0.5, 0.6) is 0 Å². The van der Waals surface area contributed by atoms with Crippen molar-refractivity contribution < 1.29 is 24.4 Å². The average Bonchev–Trinajstić information content (AvgIpc) is 2.88. The largest absolute Gasteiger partial charge is 0.481 e. The van der Waals surface area contributed by atoms with Crippen molar-refractivity contribution in [2.45, 2.75) is 11.7 Å². The molecular formula is C15H14N4O6S. The van der Waals surface area contributed by atoms with Crippen LogP contribution < -0.4 is 5.43 Å². The first-order chi connectivity index (χ1) is 12.3. The minimum absolute atomic E-state index is 0.0234. The first kappa shape index (κ1) is 19.1. The minimum atomic E-state index is -1.13. The zero-order valence-corrected chi connectivity index (χ0v) is 14.1. The zero-order chi connectivity index (χ0) is 19.3. The van der Waals surface area contributed by atoms with E-state index in [1.54, 1.807) is 0 Å². The molecule has 11 heteroatoms. The van der Waals surface area contributed by atoms with E-state index in [0.29, 0.717) is 0 Å². The molecule has 0 spiro atoms. The number of carbonyl (C=O) groups is 3. The molecule has 10 nitrogen and oxygen atoms in total. The SMILES string of the molecule is C=CCN1C(=O)[C@H](CC(=O)O)S/C1=N\NC(=O)c1cccc([N+](=O)[O-])c1. The summed E-state index contributed by atoms with van der Waals surface area (Å²) in [5.41, 5.74) is 2.00. The van der Waals surface area contributed by atoms with E-state index in [2.05, 4.69) is 17.1 Å². The van der Waals surface area contributed by atoms with Gasteiger partial charge in [-0.25, -0.2) is 5.43 Å². The number of amidine groups is 1. The number of nitro groups is 1. The van der Waals surface area contributed by atoms with Crippen LogP contribution in [0.25, 0.3) is 0 Å². The second-order valence-electron chi connectivity index (χ2n) is 5.08. The highest BCUT2D eigenvalue weighted by atomic mass is 32.2. The molecule has 2 rings (SSSR count). The lowest BCUT2D eigenvalue weighted by molar-refractivity contribution is -0.384. The van der Waals surface area contributed by atoms with Gasteiger partial charge in [0.05, 0.1) is 11.3 Å². The number of hydrogen-bond acceptors (Lipinski definition) is 7. The van der Waals surface area contributed by atoms with Crippen molar-refractivity contribution >= 4 is 40.4 Å². The van der Waals surface area contributed by atoms with Crippen molar-refractivity contribution in [3.05, 3.63) is 52.6 Å². The summed E-state index contributed by atoms with van der Waals surface area (Å²) >= 11 is 0.915. The molecule has 1 heterocycles. The Morgan fingerprint density at radius 3 is 2.85 bits per heavy atom. The lowest BCUT2D eigenvalue weighted by Crippen LogP contribution is -2.34. The number of non-ortho nitro benzene ring substituents is 1. The molecule has 1 fully saturated rings. The van der Waals surface area contributed by atoms with Crippen LogP contribution in [0.15, 0.2) is 42.0 Å². The van der Waals surface area contributed by atoms with Gasteiger partial charge in [0.15, 0.2) is 5.17 Å². The van der Waals surface area contributed by atoms with Crippen molar-refractivity contribution in [3.8, 4) is 0 Å². The third kappa shape index (κ3) is 4.45. The van der Waals surface area contributed by atoms with E-state index < -0.39 is 28.0 Å². The second kappa shape index (κ2) is 8.25. The summed E-state index contributed by atoms with van der Waals surface area (Å²) in [4.78, 5) is 46.5. The van der Waals surface area contributed by atoms with E-state index in [1.165, 1.54) is 29.2 Å². The van der Waals surface area contributed by atoms with Gasteiger partial charge >= 0.3 is 5.97 Å². The Hall–Kier alpha value is -3.21. The molecule has 0 unspecified atom stereocenters. The number of carboxylic acid groups (broad SMARTS) is 1. The normalized spacial score (nSPS) is 18.0. The summed E-state index contributed by atoms with van der Waals surface area (Å²) in [6.45, 7) is 3.63. The van der Waals surface area contributed by atoms with E-state index in [4.69, 9.17) is 5.11 Å². The Morgan fingerprint density at radius 1 is 1.50 bits per heavy atom. The van der Waals surface area contributed by atoms with E-state index in [1.807, 2.05) is 0 Å². The van der Waals surface area contributed by atoms with Crippen LogP contribution in [0.1, 0.15) is 16.8 Å². The molecule has 1 aromatic carbocycles. The number of carboxylic acids is 1. The minimum Gasteiger partial charge on any atom is -0.481 e. The van der Waals surface area contributed by atoms with Gasteiger partial charge in [0.2, 0.25) is 5.91 Å². The molecule has 2 N–H and O–H groups in total. The summed E-state index contributed by atoms with van der Waals surface area (Å²) in [6, 6.07) is 5.08. The molecule has 1 aliphatic heterocycles. The highest BCUT2D eigenvalue weighted by molar-refractivity contribution is 8.15. The lowest BCUT2D eigenvalue weighted by Gasteiger charge is -2.13. The highest BCUT2D eigenvalue weighted by Crippen LogP contribution is 2.29. The fraction of sp³-hybridized carbons (Fsp3) is 0.200. The van der Waals surface area contributed by atoms with Gasteiger partial charge in [-0.15, -0.1) is 11.7 Å². The van der Waals surface area contributed by atoms with Crippen molar-refractivity contribution in [1.82, 2.24) is 10.3 Å². The third-order valence-corrected chi connectivity index (χ3v) is 4.44. The molecule has 0 saturated carbocycles. The predicted octanol–water partition coefficient (Wildman–Crippen LogP) is 1.20. The molecule has 1 aliphatic rings. The van der Waals surface area contributed by atoms with Crippen molar-refractivity contribution in [2.75, 3.05) is 6.54 Å². The summed E-state index contributed by atoms with van der Waals surface area (Å²) in [7, 11) is 0. The van der Waals surface area contributed by atoms with Crippen LogP contribution in [-0.2, 0) is 9.59 Å². The predicted molar refractivity (Wildman–Crippen MR) is 93.5 cm³/mol. The smallest absolute Gasteiger partial charge is 0.305 e. The molecule has 26 heavy (non-hydrogen) atoms. The molecule has 2 amide bonds. The summed E-state index contributed by atoms with van der Waals surface area (Å²) in [5, 5.41) is 22.8. The Labute approximate surface area is 151 Å². The van der Waals surface area contributed by atoms with Crippen LogP contribution in [0.4, 0.5) is 5.69 Å². The van der Waals surface area contributed by atoms with Gasteiger partial charge in [-0.1, -0.05) is 23.9 Å². The molecular weight excluding hydrogens is 364 g/mol. The Morgan fingerprint density at radius 2 is 2.23 bits per heavy atom. The number of thioether (sulfide) groups is 1. The maximum Gasteiger partial charge on any atom is 0.305 e. The molecule has 0 aliphatic carbocycles. The number of aliphatic carboxylic acids is 1. The molecule has 0 radical (unpaired) electrons. The third-order valence-electron chi connectivity index (χ3n) is 3.26. The number of nitrogens with zero attached hydrogens (tertiary/aromatic N) is 3. The van der Waals surface area contributed by atoms with Crippen LogP contribution >= 0.6 is 11.8 Å². The molecule has 0 bridgehead atoms. The molecule has 1 atom stereocenters. The summed E-state index contributed by atoms with van der Waals surface area (Å²) in [5.74, 6) is -2.27. The van der Waals surface area contributed by atoms with Gasteiger partial charge in [0.25, 0.3) is 11.6 Å². The van der Waals surface area contributed by atoms with Gasteiger partial charge in [0.1, 0.15) is 5.25 Å². The Bertz CT molecular complexity index is 809. The van der Waals surface area contributed by atoms with Crippen LogP contribution in [0.2, 0.25) is 0 Å². The number of carbonyl (C=O) groups excluding carboxylic acids is 2. The second-order valence-corrected chi connectivity index (χ2v) is 6.25. The first-order valence-electron chi connectivity index (χ1n) is 7.26. The fourth-order valence-electron chi connectivity index (χ4n) is 2.10. The number of benzene rings is 1. The lowest BCUT2D eigenvalue weighted by atomic mass is 10.2. The van der Waals surface area contributed by atoms with E-state index >= 15 is 0 Å². The monoisotopic (exact) mass is 378 g/mol. The van der Waals surface area contributed by atoms with Crippen LogP contribution in [0.3, 0.4) is 0 Å². The number of hydrogen-bond donors (Lipinski definition) is 2. The standard InChI is InChI=1S/C15H14N4O6S/c1-2-6-18-14(23)11(8-12(20)21)26-15(18)17-16-13(22)9-4-3-5-10(7-9)19(24)25/h2-5,7,11H,1,6,8H2,(H,16,22)(H,20,21)/b17-15-/t11-/m0/s1. The van der Waals surface area contributed by atoms with Crippen LogP contribution in [0, 0.1) is 10.1 Å². The van der Waals surface area contributed by atoms with E-state index in [9.17, 15) is 24.5 Å². The van der Waals surface area contributed by atoms with E-state index in [0.717, 1.165) is 17.8 Å². The van der Waals surface area contributed by atoms with Crippen LogP contribution in [-0.4, -0.2) is 49.7 Å². The molecule has 1 aromatic rings. The number of amides is 2. The van der Waals surface area contributed by atoms with Gasteiger partial charge in [-0.05, 0) is 6.07 Å². The van der Waals surface area contributed by atoms with Gasteiger partial charge in [0, 0.05) is 24.2 Å². The summed E-state index contributed by atoms with van der Waals surface area (Å²) in [6.07, 6.45) is 1.06. The molecule has 0 aromatic heterocycles. The van der Waals surface area contributed by atoms with E-state index in [-0.39, 0.29) is 29.4 Å². The summed E-state index contributed by atoms with van der Waals surface area (Å²) < 4.78 is 0. The zero-order valence-electron chi connectivity index (χ0n) is 13.3. The Kier molecular flexibility index (Phi) is 6.07. The Balaban J connectivity index is 2.16. The number of nitro benzene ring substituents is 1. The van der Waals surface area contributed by atoms with Crippen molar-refractivity contribution in [3.63, 3.8) is 0 Å². The maximum atomic E-state index is 12.2. The van der Waals surface area contributed by atoms with Gasteiger partial charge < -0.3 is 5.11 Å². The van der Waals surface area contributed by atoms with Crippen molar-refractivity contribution in [2.24, 2.45) is 5.10 Å². The highest BCUT2D eigenvalue weighted by Gasteiger charge is 2.38. The number of hydrazone groups is 1.